The first-order valence-corrected chi connectivity index (χ1v) is 4.23. The summed E-state index contributed by atoms with van der Waals surface area (Å²) in [6.07, 6.45) is 0. The van der Waals surface area contributed by atoms with E-state index < -0.39 is 26.4 Å². The van der Waals surface area contributed by atoms with Crippen LogP contribution in [0, 0.1) is 0 Å². The van der Waals surface area contributed by atoms with Gasteiger partial charge < -0.3 is 20.0 Å². The fourth-order valence-corrected chi connectivity index (χ4v) is 0.563. The zero-order valence-corrected chi connectivity index (χ0v) is 6.64. The fourth-order valence-electron chi connectivity index (χ4n) is 0.298. The van der Waals surface area contributed by atoms with Crippen LogP contribution in [0.3, 0.4) is 0 Å². The Hall–Kier alpha value is -0.500. The van der Waals surface area contributed by atoms with Gasteiger partial charge >= 0.3 is 13.8 Å². The van der Waals surface area contributed by atoms with Gasteiger partial charge in [0.2, 0.25) is 0 Å². The summed E-state index contributed by atoms with van der Waals surface area (Å²) in [5.41, 5.74) is 1.50. The average molecular weight is 201 g/mol. The van der Waals surface area contributed by atoms with Crippen molar-refractivity contribution in [3.8, 4) is 0 Å². The maximum atomic E-state index is 10.1. The van der Waals surface area contributed by atoms with Gasteiger partial charge in [-0.2, -0.15) is 10.1 Å². The van der Waals surface area contributed by atoms with E-state index in [1.54, 1.807) is 0 Å². The van der Waals surface area contributed by atoms with E-state index in [1.807, 2.05) is 0 Å². The Labute approximate surface area is 67.0 Å². The van der Waals surface area contributed by atoms with Crippen LogP contribution >= 0.6 is 7.82 Å². The van der Waals surface area contributed by atoms with Gasteiger partial charge in [0.25, 0.3) is 0 Å². The molecule has 0 saturated carbocycles. The van der Waals surface area contributed by atoms with E-state index in [9.17, 15) is 9.36 Å². The van der Waals surface area contributed by atoms with Crippen LogP contribution < -0.4 is 5.48 Å². The van der Waals surface area contributed by atoms with Gasteiger partial charge in [-0.1, -0.05) is 0 Å². The van der Waals surface area contributed by atoms with Gasteiger partial charge in [-0.3, -0.25) is 4.79 Å². The summed E-state index contributed by atoms with van der Waals surface area (Å²) < 4.78 is 13.6. The Kier molecular flexibility index (Phi) is 4.32. The molecule has 0 aliphatic rings. The zero-order valence-electron chi connectivity index (χ0n) is 5.75. The summed E-state index contributed by atoms with van der Waals surface area (Å²) in [4.78, 5) is 26.3. The lowest BCUT2D eigenvalue weighted by Gasteiger charge is -2.11. The predicted octanol–water partition coefficient (Wildman–Crippen LogP) is -1.95. The standard InChI is InChI=1S/C3H8NO7P/c5-1-2(3(6)7)4-11-12(8,9)10/h2,4-5H,1H2,(H,6,7)(H2,8,9,10)/t2-/m0/s1. The highest BCUT2D eigenvalue weighted by molar-refractivity contribution is 7.46. The molecule has 0 heterocycles. The first kappa shape index (κ1) is 11.5. The molecule has 0 aromatic carbocycles. The molecule has 0 bridgehead atoms. The first-order valence-electron chi connectivity index (χ1n) is 2.70. The summed E-state index contributed by atoms with van der Waals surface area (Å²) >= 11 is 0. The minimum Gasteiger partial charge on any atom is -0.480 e. The number of hydroxylamine groups is 1. The number of carboxylic acids is 1. The molecular formula is C3H8NO7P. The molecule has 0 amide bonds. The molecule has 9 heteroatoms. The van der Waals surface area contributed by atoms with Crippen molar-refractivity contribution in [2.45, 2.75) is 6.04 Å². The maximum Gasteiger partial charge on any atom is 0.486 e. The molecule has 72 valence electrons. The van der Waals surface area contributed by atoms with Crippen LogP contribution in [0.2, 0.25) is 0 Å². The van der Waals surface area contributed by atoms with Crippen molar-refractivity contribution in [3.05, 3.63) is 0 Å². The van der Waals surface area contributed by atoms with Crippen LogP contribution in [0.4, 0.5) is 0 Å². The molecule has 1 atom stereocenters. The first-order chi connectivity index (χ1) is 5.37. The van der Waals surface area contributed by atoms with E-state index in [4.69, 9.17) is 20.0 Å². The maximum absolute atomic E-state index is 10.1. The third kappa shape index (κ3) is 5.19. The van der Waals surface area contributed by atoms with Crippen LogP contribution in [-0.4, -0.2) is 38.6 Å². The largest absolute Gasteiger partial charge is 0.486 e. The molecule has 0 saturated heterocycles. The van der Waals surface area contributed by atoms with Crippen molar-refractivity contribution in [2.75, 3.05) is 6.61 Å². The topological polar surface area (TPSA) is 136 Å². The van der Waals surface area contributed by atoms with Crippen LogP contribution in [-0.2, 0) is 14.0 Å². The fraction of sp³-hybridized carbons (Fsp3) is 0.667. The van der Waals surface area contributed by atoms with Crippen molar-refractivity contribution in [3.63, 3.8) is 0 Å². The molecule has 0 aromatic rings. The van der Waals surface area contributed by atoms with E-state index in [0.29, 0.717) is 0 Å². The number of rotatable bonds is 5. The predicted molar refractivity (Wildman–Crippen MR) is 34.8 cm³/mol. The van der Waals surface area contributed by atoms with Crippen LogP contribution in [0.25, 0.3) is 0 Å². The molecule has 0 aromatic heterocycles. The number of carbonyl (C=O) groups is 1. The van der Waals surface area contributed by atoms with E-state index in [2.05, 4.69) is 4.62 Å². The van der Waals surface area contributed by atoms with Crippen LogP contribution in [0.5, 0.6) is 0 Å². The molecule has 8 nitrogen and oxygen atoms in total. The Morgan fingerprint density at radius 1 is 1.58 bits per heavy atom. The number of nitrogens with one attached hydrogen (secondary N) is 1. The Morgan fingerprint density at radius 3 is 2.33 bits per heavy atom. The molecule has 0 fully saturated rings. The number of hydrogen-bond donors (Lipinski definition) is 5. The Bertz CT molecular complexity index is 199. The lowest BCUT2D eigenvalue weighted by atomic mass is 10.3. The summed E-state index contributed by atoms with van der Waals surface area (Å²) in [6.45, 7) is -0.838. The Morgan fingerprint density at radius 2 is 2.08 bits per heavy atom. The molecule has 12 heavy (non-hydrogen) atoms. The number of aliphatic carboxylic acids is 1. The number of aliphatic hydroxyl groups is 1. The molecular weight excluding hydrogens is 193 g/mol. The lowest BCUT2D eigenvalue weighted by molar-refractivity contribution is -0.143. The van der Waals surface area contributed by atoms with Crippen molar-refractivity contribution in [2.24, 2.45) is 0 Å². The average Bonchev–Trinajstić information content (AvgIpc) is 1.85. The highest BCUT2D eigenvalue weighted by Gasteiger charge is 2.21. The second-order valence-electron chi connectivity index (χ2n) is 1.77. The third-order valence-electron chi connectivity index (χ3n) is 0.795. The van der Waals surface area contributed by atoms with Gasteiger partial charge in [-0.05, 0) is 0 Å². The quantitative estimate of drug-likeness (QED) is 0.255. The molecule has 0 rings (SSSR count). The molecule has 0 aliphatic carbocycles. The molecule has 0 unspecified atom stereocenters. The van der Waals surface area contributed by atoms with Gasteiger partial charge in [-0.25, -0.2) is 4.57 Å². The summed E-state index contributed by atoms with van der Waals surface area (Å²) in [7, 11) is -4.76. The van der Waals surface area contributed by atoms with Crippen molar-refractivity contribution >= 4 is 13.8 Å². The monoisotopic (exact) mass is 201 g/mol. The normalized spacial score (nSPS) is 14.2. The Balaban J connectivity index is 3.90. The van der Waals surface area contributed by atoms with E-state index in [-0.39, 0.29) is 0 Å². The second-order valence-corrected chi connectivity index (χ2v) is 2.94. The van der Waals surface area contributed by atoms with Crippen LogP contribution in [0.15, 0.2) is 0 Å². The summed E-state index contributed by atoms with van der Waals surface area (Å²) in [5.74, 6) is -1.48. The van der Waals surface area contributed by atoms with Crippen LogP contribution in [0.1, 0.15) is 0 Å². The molecule has 0 radical (unpaired) electrons. The molecule has 0 aliphatic heterocycles. The van der Waals surface area contributed by atoms with Gasteiger partial charge in [0.1, 0.15) is 0 Å². The van der Waals surface area contributed by atoms with E-state index in [0.717, 1.165) is 0 Å². The van der Waals surface area contributed by atoms with Gasteiger partial charge in [0.15, 0.2) is 6.04 Å². The summed E-state index contributed by atoms with van der Waals surface area (Å²) in [5, 5.41) is 16.5. The SMILES string of the molecule is O=C(O)[C@H](CO)NOP(=O)(O)O. The van der Waals surface area contributed by atoms with Gasteiger partial charge in [0, 0.05) is 0 Å². The smallest absolute Gasteiger partial charge is 0.480 e. The summed E-state index contributed by atoms with van der Waals surface area (Å²) in [6, 6.07) is -1.56. The van der Waals surface area contributed by atoms with Crippen molar-refractivity contribution in [1.82, 2.24) is 5.48 Å². The zero-order chi connectivity index (χ0) is 9.78. The number of aliphatic hydroxyl groups excluding tert-OH is 1. The second kappa shape index (κ2) is 4.51. The number of hydrogen-bond acceptors (Lipinski definition) is 5. The van der Waals surface area contributed by atoms with Crippen molar-refractivity contribution < 1.29 is 34.0 Å². The highest BCUT2D eigenvalue weighted by atomic mass is 31.2. The minimum atomic E-state index is -4.76. The van der Waals surface area contributed by atoms with E-state index in [1.165, 1.54) is 5.48 Å². The third-order valence-corrected chi connectivity index (χ3v) is 1.14. The minimum absolute atomic E-state index is 0.838. The van der Waals surface area contributed by atoms with Gasteiger partial charge in [-0.15, -0.1) is 0 Å². The molecule has 5 N–H and O–H groups in total. The number of carboxylic acid groups (broad SMARTS) is 1. The van der Waals surface area contributed by atoms with E-state index >= 15 is 0 Å². The lowest BCUT2D eigenvalue weighted by Crippen LogP contribution is -2.38. The number of phosphoric acid groups is 1. The molecule has 0 spiro atoms. The highest BCUT2D eigenvalue weighted by Crippen LogP contribution is 2.33. The van der Waals surface area contributed by atoms with Crippen molar-refractivity contribution in [1.29, 1.82) is 0 Å². The van der Waals surface area contributed by atoms with Gasteiger partial charge in [0.05, 0.1) is 6.61 Å².